The van der Waals surface area contributed by atoms with Gasteiger partial charge < -0.3 is 4.57 Å². The normalized spacial score (nSPS) is 14.6. The van der Waals surface area contributed by atoms with Crippen LogP contribution in [0.1, 0.15) is 43.4 Å². The van der Waals surface area contributed by atoms with Crippen LogP contribution >= 0.6 is 0 Å². The molecule has 48 heavy (non-hydrogen) atoms. The molecule has 0 unspecified atom stereocenters. The van der Waals surface area contributed by atoms with Crippen LogP contribution in [-0.2, 0) is 6.42 Å². The predicted molar refractivity (Wildman–Crippen MR) is 198 cm³/mol. The SMILES string of the molecule is C1=Cc2c(n(C3=CCCCC3)c3c2c2ccccc2c2c4ccccc4n(-c4nc(-c5ccccc5)nc(-c5ccccc5)n4)c23)CC1. The highest BCUT2D eigenvalue weighted by Crippen LogP contribution is 2.47. The maximum absolute atomic E-state index is 5.29. The summed E-state index contributed by atoms with van der Waals surface area (Å²) in [6.07, 6.45) is 13.9. The maximum Gasteiger partial charge on any atom is 0.238 e. The van der Waals surface area contributed by atoms with Gasteiger partial charge >= 0.3 is 0 Å². The van der Waals surface area contributed by atoms with E-state index in [1.807, 2.05) is 36.4 Å². The fourth-order valence-corrected chi connectivity index (χ4v) is 8.09. The van der Waals surface area contributed by atoms with Crippen LogP contribution < -0.4 is 0 Å². The van der Waals surface area contributed by atoms with Gasteiger partial charge in [-0.3, -0.25) is 4.57 Å². The minimum Gasteiger partial charge on any atom is -0.315 e. The van der Waals surface area contributed by atoms with Gasteiger partial charge in [0, 0.05) is 44.2 Å². The van der Waals surface area contributed by atoms with Gasteiger partial charge in [-0.2, -0.15) is 9.97 Å². The van der Waals surface area contributed by atoms with Crippen LogP contribution in [0.25, 0.3) is 84.0 Å². The van der Waals surface area contributed by atoms with Gasteiger partial charge in [0.1, 0.15) is 0 Å². The highest BCUT2D eigenvalue weighted by atomic mass is 15.2. The number of hydrogen-bond acceptors (Lipinski definition) is 3. The Morgan fingerprint density at radius 2 is 1.15 bits per heavy atom. The topological polar surface area (TPSA) is 48.5 Å². The first kappa shape index (κ1) is 27.3. The van der Waals surface area contributed by atoms with E-state index in [4.69, 9.17) is 15.0 Å². The van der Waals surface area contributed by atoms with E-state index in [0.717, 1.165) is 47.8 Å². The van der Waals surface area contributed by atoms with Crippen LogP contribution in [0.5, 0.6) is 0 Å². The van der Waals surface area contributed by atoms with Gasteiger partial charge in [0.15, 0.2) is 11.6 Å². The second kappa shape index (κ2) is 10.9. The summed E-state index contributed by atoms with van der Waals surface area (Å²) in [5.74, 6) is 1.95. The molecular formula is C43H33N5. The number of benzene rings is 5. The average Bonchev–Trinajstić information content (AvgIpc) is 3.70. The second-order valence-electron chi connectivity index (χ2n) is 12.9. The Morgan fingerprint density at radius 3 is 1.83 bits per heavy atom. The molecule has 0 spiro atoms. The van der Waals surface area contributed by atoms with Crippen molar-refractivity contribution in [2.45, 2.75) is 38.5 Å². The molecule has 5 nitrogen and oxygen atoms in total. The lowest BCUT2D eigenvalue weighted by Crippen LogP contribution is -2.09. The van der Waals surface area contributed by atoms with E-state index in [0.29, 0.717) is 17.6 Å². The largest absolute Gasteiger partial charge is 0.315 e. The number of allylic oxidation sites excluding steroid dienone is 3. The highest BCUT2D eigenvalue weighted by Gasteiger charge is 2.29. The zero-order valence-electron chi connectivity index (χ0n) is 26.6. The number of rotatable bonds is 4. The number of para-hydroxylation sites is 1. The molecule has 0 radical (unpaired) electrons. The van der Waals surface area contributed by atoms with E-state index in [-0.39, 0.29) is 0 Å². The van der Waals surface area contributed by atoms with Crippen molar-refractivity contribution in [2.75, 3.05) is 0 Å². The molecule has 10 rings (SSSR count). The first-order chi connectivity index (χ1) is 23.8. The molecule has 0 N–H and O–H groups in total. The summed E-state index contributed by atoms with van der Waals surface area (Å²) in [5, 5.41) is 6.32. The molecule has 0 saturated carbocycles. The summed E-state index contributed by atoms with van der Waals surface area (Å²) >= 11 is 0. The minimum absolute atomic E-state index is 0.629. The standard InChI is InChI=1S/C43H33N5/c1-4-16-28(17-5-1)41-44-42(29-18-6-2-7-19-29)46-43(45-41)48-36-27-15-13-25-34(36)38-32-23-11-10-22-31(32)37-33-24-12-14-26-35(33)47(39(37)40(38)48)30-20-8-3-9-21-30/h1-2,4-7,10-13,15-20,22-25,27H,3,8-9,14,21,26H2. The molecule has 230 valence electrons. The lowest BCUT2D eigenvalue weighted by atomic mass is 9.95. The second-order valence-corrected chi connectivity index (χ2v) is 12.9. The highest BCUT2D eigenvalue weighted by molar-refractivity contribution is 6.33. The third-order valence-corrected chi connectivity index (χ3v) is 10.1. The van der Waals surface area contributed by atoms with Gasteiger partial charge in [0.05, 0.1) is 16.6 Å². The molecule has 2 aliphatic carbocycles. The van der Waals surface area contributed by atoms with Crippen LogP contribution in [0.15, 0.2) is 121 Å². The molecule has 5 heteroatoms. The fraction of sp³-hybridized carbons (Fsp3) is 0.140. The Labute approximate surface area is 278 Å². The average molecular weight is 620 g/mol. The summed E-state index contributed by atoms with van der Waals surface area (Å²) in [7, 11) is 0. The van der Waals surface area contributed by atoms with Gasteiger partial charge in [-0.05, 0) is 55.4 Å². The van der Waals surface area contributed by atoms with Crippen molar-refractivity contribution in [3.63, 3.8) is 0 Å². The molecule has 0 aliphatic heterocycles. The van der Waals surface area contributed by atoms with E-state index < -0.39 is 0 Å². The first-order valence-corrected chi connectivity index (χ1v) is 17.1. The molecule has 0 amide bonds. The van der Waals surface area contributed by atoms with E-state index >= 15 is 0 Å². The van der Waals surface area contributed by atoms with Crippen molar-refractivity contribution >= 4 is 55.3 Å². The van der Waals surface area contributed by atoms with Crippen molar-refractivity contribution in [3.05, 3.63) is 133 Å². The summed E-state index contributed by atoms with van der Waals surface area (Å²) in [6, 6.07) is 38.3. The lowest BCUT2D eigenvalue weighted by Gasteiger charge is -2.20. The Morgan fingerprint density at radius 1 is 0.521 bits per heavy atom. The Kier molecular flexibility index (Phi) is 6.19. The van der Waals surface area contributed by atoms with Gasteiger partial charge in [-0.1, -0.05) is 121 Å². The zero-order valence-corrected chi connectivity index (χ0v) is 26.6. The molecule has 0 saturated heterocycles. The van der Waals surface area contributed by atoms with Crippen LogP contribution in [0.2, 0.25) is 0 Å². The van der Waals surface area contributed by atoms with E-state index in [1.165, 1.54) is 62.2 Å². The van der Waals surface area contributed by atoms with Crippen molar-refractivity contribution in [2.24, 2.45) is 0 Å². The van der Waals surface area contributed by atoms with E-state index in [2.05, 4.69) is 100 Å². The molecule has 3 heterocycles. The molecule has 8 aromatic rings. The summed E-state index contributed by atoms with van der Waals surface area (Å²) in [5.41, 5.74) is 9.62. The van der Waals surface area contributed by atoms with Crippen LogP contribution in [0, 0.1) is 0 Å². The first-order valence-electron chi connectivity index (χ1n) is 17.1. The van der Waals surface area contributed by atoms with Gasteiger partial charge in [-0.25, -0.2) is 4.98 Å². The van der Waals surface area contributed by atoms with Crippen molar-refractivity contribution in [1.82, 2.24) is 24.1 Å². The fourth-order valence-electron chi connectivity index (χ4n) is 8.09. The Bertz CT molecular complexity index is 2550. The van der Waals surface area contributed by atoms with Gasteiger partial charge in [0.25, 0.3) is 0 Å². The smallest absolute Gasteiger partial charge is 0.238 e. The van der Waals surface area contributed by atoms with Crippen LogP contribution in [0.3, 0.4) is 0 Å². The number of hydrogen-bond donors (Lipinski definition) is 0. The maximum atomic E-state index is 5.29. The number of aromatic nitrogens is 5. The third-order valence-electron chi connectivity index (χ3n) is 10.1. The number of nitrogens with zero attached hydrogens (tertiary/aromatic N) is 5. The Hall–Kier alpha value is -5.81. The molecule has 0 atom stereocenters. The summed E-state index contributed by atoms with van der Waals surface area (Å²) < 4.78 is 4.96. The van der Waals surface area contributed by atoms with Gasteiger partial charge in [0.2, 0.25) is 5.95 Å². The van der Waals surface area contributed by atoms with E-state index in [1.54, 1.807) is 0 Å². The summed E-state index contributed by atoms with van der Waals surface area (Å²) in [6.45, 7) is 0. The molecule has 5 aromatic carbocycles. The predicted octanol–water partition coefficient (Wildman–Crippen LogP) is 10.8. The third kappa shape index (κ3) is 4.07. The quantitative estimate of drug-likeness (QED) is 0.197. The van der Waals surface area contributed by atoms with Crippen LogP contribution in [0.4, 0.5) is 0 Å². The van der Waals surface area contributed by atoms with Gasteiger partial charge in [-0.15, -0.1) is 0 Å². The lowest BCUT2D eigenvalue weighted by molar-refractivity contribution is 0.713. The molecule has 0 bridgehead atoms. The molecule has 3 aromatic heterocycles. The minimum atomic E-state index is 0.629. The van der Waals surface area contributed by atoms with Crippen molar-refractivity contribution < 1.29 is 0 Å². The van der Waals surface area contributed by atoms with Crippen molar-refractivity contribution in [3.8, 4) is 28.7 Å². The van der Waals surface area contributed by atoms with E-state index in [9.17, 15) is 0 Å². The van der Waals surface area contributed by atoms with Crippen molar-refractivity contribution in [1.29, 1.82) is 0 Å². The Balaban J connectivity index is 1.43. The van der Waals surface area contributed by atoms with Crippen LogP contribution in [-0.4, -0.2) is 24.1 Å². The summed E-state index contributed by atoms with van der Waals surface area (Å²) in [4.78, 5) is 15.6. The zero-order chi connectivity index (χ0) is 31.6. The molecular weight excluding hydrogens is 587 g/mol. The monoisotopic (exact) mass is 619 g/mol. The molecule has 2 aliphatic rings. The number of fused-ring (bicyclic) bond motifs is 10. The molecule has 0 fully saturated rings.